The van der Waals surface area contributed by atoms with Crippen molar-refractivity contribution in [1.29, 1.82) is 0 Å². The lowest BCUT2D eigenvalue weighted by Crippen LogP contribution is -2.14. The average Bonchev–Trinajstić information content (AvgIpc) is 2.97. The van der Waals surface area contributed by atoms with Gasteiger partial charge in [0.2, 0.25) is 5.82 Å². The number of anilines is 1. The maximum Gasteiger partial charge on any atom is 0.295 e. The smallest absolute Gasteiger partial charge is 0.295 e. The summed E-state index contributed by atoms with van der Waals surface area (Å²) in [7, 11) is 0. The maximum absolute atomic E-state index is 12.1. The Morgan fingerprint density at radius 3 is 3.00 bits per heavy atom. The molecule has 0 aliphatic carbocycles. The number of carbonyl (C=O) groups excluding carboxylic acids is 1. The molecule has 0 bridgehead atoms. The molecular weight excluding hydrogens is 254 g/mol. The third-order valence-corrected chi connectivity index (χ3v) is 2.96. The van der Waals surface area contributed by atoms with Crippen molar-refractivity contribution < 1.29 is 4.79 Å². The van der Waals surface area contributed by atoms with E-state index < -0.39 is 0 Å². The van der Waals surface area contributed by atoms with E-state index in [1.165, 1.54) is 0 Å². The molecule has 0 aliphatic rings. The molecule has 2 heterocycles. The zero-order valence-electron chi connectivity index (χ0n) is 10.9. The zero-order valence-corrected chi connectivity index (χ0v) is 10.9. The van der Waals surface area contributed by atoms with Crippen molar-refractivity contribution in [2.75, 3.05) is 5.32 Å². The third-order valence-electron chi connectivity index (χ3n) is 2.96. The summed E-state index contributed by atoms with van der Waals surface area (Å²) in [5.41, 5.74) is 1.53. The van der Waals surface area contributed by atoms with Crippen molar-refractivity contribution in [3.8, 4) is 0 Å². The standard InChI is InChI=1S/C14H13N5O/c1-2-12-17-13(19-18-12)14(20)16-11-7-3-6-10-9(11)5-4-8-15-10/h3-8H,2H2,1H3,(H,16,20)(H,17,18,19). The van der Waals surface area contributed by atoms with Crippen LogP contribution in [0.15, 0.2) is 36.5 Å². The van der Waals surface area contributed by atoms with E-state index in [1.54, 1.807) is 6.20 Å². The van der Waals surface area contributed by atoms with Gasteiger partial charge >= 0.3 is 0 Å². The lowest BCUT2D eigenvalue weighted by Gasteiger charge is -2.06. The summed E-state index contributed by atoms with van der Waals surface area (Å²) in [5, 5.41) is 10.3. The van der Waals surface area contributed by atoms with Gasteiger partial charge < -0.3 is 5.32 Å². The van der Waals surface area contributed by atoms with Gasteiger partial charge in [0, 0.05) is 18.0 Å². The number of aromatic amines is 1. The minimum absolute atomic E-state index is 0.141. The van der Waals surface area contributed by atoms with Crippen LogP contribution in [0.2, 0.25) is 0 Å². The number of hydrogen-bond acceptors (Lipinski definition) is 4. The molecule has 0 radical (unpaired) electrons. The monoisotopic (exact) mass is 267 g/mol. The maximum atomic E-state index is 12.1. The van der Waals surface area contributed by atoms with E-state index in [4.69, 9.17) is 0 Å². The summed E-state index contributed by atoms with van der Waals surface area (Å²) >= 11 is 0. The van der Waals surface area contributed by atoms with Crippen LogP contribution in [0.3, 0.4) is 0 Å². The number of nitrogens with zero attached hydrogens (tertiary/aromatic N) is 3. The molecular formula is C14H13N5O. The van der Waals surface area contributed by atoms with E-state index in [1.807, 2.05) is 37.3 Å². The second kappa shape index (κ2) is 5.08. The molecule has 0 fully saturated rings. The van der Waals surface area contributed by atoms with E-state index in [2.05, 4.69) is 25.5 Å². The third kappa shape index (κ3) is 2.23. The van der Waals surface area contributed by atoms with Crippen LogP contribution in [0.5, 0.6) is 0 Å². The lowest BCUT2D eigenvalue weighted by molar-refractivity contribution is 0.101. The number of nitrogens with one attached hydrogen (secondary N) is 2. The number of pyridine rings is 1. The summed E-state index contributed by atoms with van der Waals surface area (Å²) in [6.45, 7) is 1.94. The van der Waals surface area contributed by atoms with Crippen LogP contribution in [0.4, 0.5) is 5.69 Å². The Balaban J connectivity index is 1.91. The summed E-state index contributed by atoms with van der Waals surface area (Å²) in [6, 6.07) is 9.32. The first kappa shape index (κ1) is 12.3. The summed E-state index contributed by atoms with van der Waals surface area (Å²) in [6.07, 6.45) is 2.43. The highest BCUT2D eigenvalue weighted by molar-refractivity contribution is 6.06. The van der Waals surface area contributed by atoms with Gasteiger partial charge in [-0.25, -0.2) is 4.98 Å². The number of fused-ring (bicyclic) bond motifs is 1. The molecule has 0 saturated carbocycles. The van der Waals surface area contributed by atoms with Crippen LogP contribution < -0.4 is 5.32 Å². The highest BCUT2D eigenvalue weighted by Crippen LogP contribution is 2.21. The normalized spacial score (nSPS) is 10.7. The number of aryl methyl sites for hydroxylation is 1. The number of aromatic nitrogens is 4. The highest BCUT2D eigenvalue weighted by atomic mass is 16.2. The van der Waals surface area contributed by atoms with Gasteiger partial charge in [-0.2, -0.15) is 0 Å². The molecule has 0 aliphatic heterocycles. The predicted molar refractivity (Wildman–Crippen MR) is 75.5 cm³/mol. The van der Waals surface area contributed by atoms with Crippen molar-refractivity contribution in [2.24, 2.45) is 0 Å². The molecule has 3 rings (SSSR count). The van der Waals surface area contributed by atoms with E-state index in [0.29, 0.717) is 17.9 Å². The van der Waals surface area contributed by atoms with Gasteiger partial charge in [-0.3, -0.25) is 14.9 Å². The quantitative estimate of drug-likeness (QED) is 0.761. The van der Waals surface area contributed by atoms with Crippen LogP contribution >= 0.6 is 0 Å². The minimum Gasteiger partial charge on any atom is -0.319 e. The molecule has 0 unspecified atom stereocenters. The summed E-state index contributed by atoms with van der Waals surface area (Å²) in [4.78, 5) is 20.5. The number of H-pyrrole nitrogens is 1. The topological polar surface area (TPSA) is 83.6 Å². The van der Waals surface area contributed by atoms with Gasteiger partial charge in [0.05, 0.1) is 11.2 Å². The predicted octanol–water partition coefficient (Wildman–Crippen LogP) is 2.17. The molecule has 0 atom stereocenters. The Hall–Kier alpha value is -2.76. The Labute approximate surface area is 115 Å². The fraction of sp³-hybridized carbons (Fsp3) is 0.143. The number of hydrogen-bond donors (Lipinski definition) is 2. The first-order chi connectivity index (χ1) is 9.78. The number of benzene rings is 1. The molecule has 0 spiro atoms. The fourth-order valence-electron chi connectivity index (χ4n) is 1.95. The number of rotatable bonds is 3. The van der Waals surface area contributed by atoms with Gasteiger partial charge in [0.1, 0.15) is 5.82 Å². The van der Waals surface area contributed by atoms with E-state index >= 15 is 0 Å². The molecule has 2 aromatic heterocycles. The first-order valence-corrected chi connectivity index (χ1v) is 6.34. The van der Waals surface area contributed by atoms with Crippen molar-refractivity contribution in [1.82, 2.24) is 20.2 Å². The Kier molecular flexibility index (Phi) is 3.12. The molecule has 0 saturated heterocycles. The van der Waals surface area contributed by atoms with Crippen molar-refractivity contribution in [3.05, 3.63) is 48.2 Å². The fourth-order valence-corrected chi connectivity index (χ4v) is 1.95. The molecule has 20 heavy (non-hydrogen) atoms. The van der Waals surface area contributed by atoms with E-state index in [0.717, 1.165) is 10.9 Å². The molecule has 2 N–H and O–H groups in total. The largest absolute Gasteiger partial charge is 0.319 e. The highest BCUT2D eigenvalue weighted by Gasteiger charge is 2.13. The van der Waals surface area contributed by atoms with Crippen LogP contribution in [0.1, 0.15) is 23.4 Å². The Bertz CT molecular complexity index is 760. The second-order valence-electron chi connectivity index (χ2n) is 4.29. The summed E-state index contributed by atoms with van der Waals surface area (Å²) in [5.74, 6) is 0.495. The van der Waals surface area contributed by atoms with Crippen LogP contribution in [-0.2, 0) is 6.42 Å². The van der Waals surface area contributed by atoms with Crippen molar-refractivity contribution in [2.45, 2.75) is 13.3 Å². The first-order valence-electron chi connectivity index (χ1n) is 6.34. The minimum atomic E-state index is -0.336. The van der Waals surface area contributed by atoms with Gasteiger partial charge in [0.25, 0.3) is 5.91 Å². The SMILES string of the molecule is CCc1nc(C(=O)Nc2cccc3ncccc23)n[nH]1. The Morgan fingerprint density at radius 2 is 2.20 bits per heavy atom. The van der Waals surface area contributed by atoms with Gasteiger partial charge in [-0.15, -0.1) is 5.10 Å². The second-order valence-corrected chi connectivity index (χ2v) is 4.29. The molecule has 1 amide bonds. The van der Waals surface area contributed by atoms with Crippen LogP contribution in [-0.4, -0.2) is 26.1 Å². The lowest BCUT2D eigenvalue weighted by atomic mass is 10.2. The Morgan fingerprint density at radius 1 is 1.30 bits per heavy atom. The van der Waals surface area contributed by atoms with Gasteiger partial charge in [-0.1, -0.05) is 13.0 Å². The number of amides is 1. The molecule has 6 nitrogen and oxygen atoms in total. The van der Waals surface area contributed by atoms with Crippen molar-refractivity contribution in [3.63, 3.8) is 0 Å². The van der Waals surface area contributed by atoms with Crippen molar-refractivity contribution >= 4 is 22.5 Å². The van der Waals surface area contributed by atoms with Gasteiger partial charge in [0.15, 0.2) is 0 Å². The van der Waals surface area contributed by atoms with E-state index in [9.17, 15) is 4.79 Å². The van der Waals surface area contributed by atoms with Crippen LogP contribution in [0.25, 0.3) is 10.9 Å². The molecule has 1 aromatic carbocycles. The molecule has 6 heteroatoms. The molecule has 100 valence electrons. The average molecular weight is 267 g/mol. The number of carbonyl (C=O) groups is 1. The van der Waals surface area contributed by atoms with Crippen LogP contribution in [0, 0.1) is 0 Å². The van der Waals surface area contributed by atoms with Gasteiger partial charge in [-0.05, 0) is 24.3 Å². The molecule has 3 aromatic rings. The zero-order chi connectivity index (χ0) is 13.9. The summed E-state index contributed by atoms with van der Waals surface area (Å²) < 4.78 is 0. The van der Waals surface area contributed by atoms with E-state index in [-0.39, 0.29) is 11.7 Å².